The number of ether oxygens (including phenoxy) is 1. The lowest BCUT2D eigenvalue weighted by molar-refractivity contribution is 0.0503. The van der Waals surface area contributed by atoms with Crippen LogP contribution >= 0.6 is 11.8 Å². The highest BCUT2D eigenvalue weighted by Crippen LogP contribution is 2.14. The van der Waals surface area contributed by atoms with Crippen molar-refractivity contribution in [3.63, 3.8) is 0 Å². The van der Waals surface area contributed by atoms with Crippen LogP contribution in [0.25, 0.3) is 0 Å². The maximum atomic E-state index is 12.1. The first-order valence-corrected chi connectivity index (χ1v) is 9.56. The van der Waals surface area contributed by atoms with E-state index in [4.69, 9.17) is 4.74 Å². The number of benzene rings is 1. The molecule has 0 aliphatic heterocycles. The van der Waals surface area contributed by atoms with Crippen molar-refractivity contribution in [1.29, 1.82) is 0 Å². The first-order valence-electron chi connectivity index (χ1n) is 8.16. The summed E-state index contributed by atoms with van der Waals surface area (Å²) in [5.41, 5.74) is 0.589. The molecule has 0 aliphatic rings. The molecule has 1 unspecified atom stereocenters. The van der Waals surface area contributed by atoms with Gasteiger partial charge in [0.2, 0.25) is 0 Å². The number of hydrogen-bond acceptors (Lipinski definition) is 4. The Balaban J connectivity index is 2.52. The largest absolute Gasteiger partial charge is 0.444 e. The molecule has 130 valence electrons. The Kier molecular flexibility index (Phi) is 9.10. The summed E-state index contributed by atoms with van der Waals surface area (Å²) in [6.07, 6.45) is 4.11. The van der Waals surface area contributed by atoms with Gasteiger partial charge in [0.25, 0.3) is 0 Å². The summed E-state index contributed by atoms with van der Waals surface area (Å²) in [6, 6.07) is 9.90. The molecule has 1 aromatic carbocycles. The van der Waals surface area contributed by atoms with E-state index in [1.165, 1.54) is 12.2 Å². The smallest absolute Gasteiger partial charge is 0.408 e. The fourth-order valence-corrected chi connectivity index (χ4v) is 2.62. The van der Waals surface area contributed by atoms with E-state index in [0.29, 0.717) is 6.54 Å². The van der Waals surface area contributed by atoms with Crippen molar-refractivity contribution in [2.75, 3.05) is 25.1 Å². The van der Waals surface area contributed by atoms with Crippen LogP contribution in [0.4, 0.5) is 4.79 Å². The maximum absolute atomic E-state index is 12.1. The molecule has 0 saturated heterocycles. The van der Waals surface area contributed by atoms with E-state index in [-0.39, 0.29) is 12.1 Å². The Hall–Kier alpha value is -1.20. The minimum Gasteiger partial charge on any atom is -0.444 e. The van der Waals surface area contributed by atoms with Crippen molar-refractivity contribution in [1.82, 2.24) is 10.6 Å². The van der Waals surface area contributed by atoms with Gasteiger partial charge in [-0.15, -0.1) is 0 Å². The molecular weight excluding hydrogens is 308 g/mol. The van der Waals surface area contributed by atoms with Crippen molar-refractivity contribution in [3.8, 4) is 0 Å². The van der Waals surface area contributed by atoms with Crippen LogP contribution in [0.2, 0.25) is 0 Å². The molecule has 0 aliphatic carbocycles. The van der Waals surface area contributed by atoms with Gasteiger partial charge in [-0.1, -0.05) is 30.3 Å². The summed E-state index contributed by atoms with van der Waals surface area (Å²) in [5, 5.41) is 6.40. The average molecular weight is 339 g/mol. The fraction of sp³-hybridized carbons (Fsp3) is 0.611. The third kappa shape index (κ3) is 9.51. The van der Waals surface area contributed by atoms with Gasteiger partial charge in [-0.2, -0.15) is 11.8 Å². The zero-order valence-corrected chi connectivity index (χ0v) is 15.5. The first kappa shape index (κ1) is 19.8. The molecular formula is C18H30N2O2S. The molecule has 1 amide bonds. The number of nitrogens with one attached hydrogen (secondary N) is 2. The van der Waals surface area contributed by atoms with E-state index in [9.17, 15) is 4.79 Å². The Morgan fingerprint density at radius 2 is 1.91 bits per heavy atom. The molecule has 0 aromatic heterocycles. The van der Waals surface area contributed by atoms with Gasteiger partial charge in [0.05, 0.1) is 6.04 Å². The van der Waals surface area contributed by atoms with Crippen molar-refractivity contribution in [3.05, 3.63) is 35.9 Å². The number of rotatable bonds is 9. The predicted molar refractivity (Wildman–Crippen MR) is 99.0 cm³/mol. The SMILES string of the molecule is CSCCCCNCC(NC(=O)OC(C)(C)C)c1ccccc1. The zero-order valence-electron chi connectivity index (χ0n) is 14.7. The van der Waals surface area contributed by atoms with E-state index >= 15 is 0 Å². The Morgan fingerprint density at radius 1 is 1.22 bits per heavy atom. The van der Waals surface area contributed by atoms with Gasteiger partial charge in [0.15, 0.2) is 0 Å². The van der Waals surface area contributed by atoms with Crippen LogP contribution in [0, 0.1) is 0 Å². The highest BCUT2D eigenvalue weighted by atomic mass is 32.2. The van der Waals surface area contributed by atoms with Gasteiger partial charge < -0.3 is 15.4 Å². The zero-order chi connectivity index (χ0) is 17.1. The van der Waals surface area contributed by atoms with E-state index < -0.39 is 5.60 Å². The first-order chi connectivity index (χ1) is 10.9. The minimum absolute atomic E-state index is 0.0911. The lowest BCUT2D eigenvalue weighted by atomic mass is 10.1. The third-order valence-corrected chi connectivity index (χ3v) is 3.89. The molecule has 5 heteroatoms. The Bertz CT molecular complexity index is 446. The minimum atomic E-state index is -0.490. The highest BCUT2D eigenvalue weighted by molar-refractivity contribution is 7.98. The van der Waals surface area contributed by atoms with Gasteiger partial charge in [0, 0.05) is 6.54 Å². The van der Waals surface area contributed by atoms with E-state index in [2.05, 4.69) is 16.9 Å². The van der Waals surface area contributed by atoms with Crippen molar-refractivity contribution < 1.29 is 9.53 Å². The van der Waals surface area contributed by atoms with Crippen molar-refractivity contribution in [2.24, 2.45) is 0 Å². The molecule has 1 rings (SSSR count). The molecule has 1 atom stereocenters. The summed E-state index contributed by atoms with van der Waals surface area (Å²) in [7, 11) is 0. The van der Waals surface area contributed by atoms with E-state index in [1.54, 1.807) is 0 Å². The number of carbonyl (C=O) groups is 1. The normalized spacial score (nSPS) is 12.7. The van der Waals surface area contributed by atoms with Gasteiger partial charge in [-0.25, -0.2) is 4.79 Å². The Morgan fingerprint density at radius 3 is 2.52 bits per heavy atom. The second-order valence-electron chi connectivity index (χ2n) is 6.51. The molecule has 0 radical (unpaired) electrons. The second-order valence-corrected chi connectivity index (χ2v) is 7.50. The number of hydrogen-bond donors (Lipinski definition) is 2. The lowest BCUT2D eigenvalue weighted by Gasteiger charge is -2.24. The van der Waals surface area contributed by atoms with Crippen LogP contribution in [0.5, 0.6) is 0 Å². The summed E-state index contributed by atoms with van der Waals surface area (Å²) in [5.74, 6) is 1.19. The van der Waals surface area contributed by atoms with Gasteiger partial charge >= 0.3 is 6.09 Å². The average Bonchev–Trinajstić information content (AvgIpc) is 2.48. The molecule has 1 aromatic rings. The summed E-state index contributed by atoms with van der Waals surface area (Å²) < 4.78 is 5.37. The topological polar surface area (TPSA) is 50.4 Å². The Labute approximate surface area is 144 Å². The maximum Gasteiger partial charge on any atom is 0.408 e. The van der Waals surface area contributed by atoms with Crippen LogP contribution < -0.4 is 10.6 Å². The fourth-order valence-electron chi connectivity index (χ4n) is 2.13. The number of alkyl carbamates (subject to hydrolysis) is 1. The highest BCUT2D eigenvalue weighted by Gasteiger charge is 2.20. The number of amides is 1. The molecule has 0 saturated carbocycles. The molecule has 0 fully saturated rings. The third-order valence-electron chi connectivity index (χ3n) is 3.19. The molecule has 2 N–H and O–H groups in total. The standard InChI is InChI=1S/C18H30N2O2S/c1-18(2,3)22-17(21)20-16(15-10-6-5-7-11-15)14-19-12-8-9-13-23-4/h5-7,10-11,16,19H,8-9,12-14H2,1-4H3,(H,20,21). The second kappa shape index (κ2) is 10.6. The van der Waals surface area contributed by atoms with Crippen molar-refractivity contribution in [2.45, 2.75) is 45.3 Å². The molecule has 0 spiro atoms. The van der Waals surface area contributed by atoms with E-state index in [0.717, 1.165) is 18.5 Å². The lowest BCUT2D eigenvalue weighted by Crippen LogP contribution is -2.39. The van der Waals surface area contributed by atoms with Gasteiger partial charge in [-0.3, -0.25) is 0 Å². The summed E-state index contributed by atoms with van der Waals surface area (Å²) in [6.45, 7) is 7.26. The quantitative estimate of drug-likeness (QED) is 0.669. The number of thioether (sulfide) groups is 1. The summed E-state index contributed by atoms with van der Waals surface area (Å²) >= 11 is 1.88. The molecule has 0 heterocycles. The van der Waals surface area contributed by atoms with Crippen LogP contribution in [0.3, 0.4) is 0 Å². The van der Waals surface area contributed by atoms with Crippen LogP contribution in [0.15, 0.2) is 30.3 Å². The molecule has 23 heavy (non-hydrogen) atoms. The number of unbranched alkanes of at least 4 members (excludes halogenated alkanes) is 1. The van der Waals surface area contributed by atoms with Crippen molar-refractivity contribution >= 4 is 17.9 Å². The van der Waals surface area contributed by atoms with Gasteiger partial charge in [0.1, 0.15) is 5.60 Å². The molecule has 0 bridgehead atoms. The van der Waals surface area contributed by atoms with Gasteiger partial charge in [-0.05, 0) is 57.7 Å². The predicted octanol–water partition coefficient (Wildman–Crippen LogP) is 3.99. The summed E-state index contributed by atoms with van der Waals surface area (Å²) in [4.78, 5) is 12.1. The molecule has 4 nitrogen and oxygen atoms in total. The monoisotopic (exact) mass is 338 g/mol. The number of carbonyl (C=O) groups excluding carboxylic acids is 1. The van der Waals surface area contributed by atoms with Crippen LogP contribution in [-0.4, -0.2) is 36.8 Å². The van der Waals surface area contributed by atoms with E-state index in [1.807, 2.05) is 62.9 Å². The van der Waals surface area contributed by atoms with Crippen LogP contribution in [-0.2, 0) is 4.74 Å². The van der Waals surface area contributed by atoms with Crippen LogP contribution in [0.1, 0.15) is 45.2 Å².